The maximum absolute atomic E-state index is 13.8. The van der Waals surface area contributed by atoms with Gasteiger partial charge in [0.2, 0.25) is 11.8 Å². The molecule has 0 spiro atoms. The number of carbonyl (C=O) groups excluding carboxylic acids is 2. The zero-order valence-corrected chi connectivity index (χ0v) is 24.5. The first-order valence-corrected chi connectivity index (χ1v) is 14.5. The minimum absolute atomic E-state index is 0.0209. The monoisotopic (exact) mass is 548 g/mol. The van der Waals surface area contributed by atoms with Gasteiger partial charge in [0, 0.05) is 28.8 Å². The van der Waals surface area contributed by atoms with Crippen molar-refractivity contribution in [3.8, 4) is 11.5 Å². The van der Waals surface area contributed by atoms with E-state index < -0.39 is 0 Å². The molecule has 2 aromatic carbocycles. The van der Waals surface area contributed by atoms with Crippen LogP contribution in [0.3, 0.4) is 0 Å². The van der Waals surface area contributed by atoms with Crippen LogP contribution in [0.25, 0.3) is 0 Å². The Morgan fingerprint density at radius 1 is 0.974 bits per heavy atom. The van der Waals surface area contributed by atoms with Crippen LogP contribution in [-0.2, 0) is 22.6 Å². The van der Waals surface area contributed by atoms with Crippen LogP contribution in [0.15, 0.2) is 60.7 Å². The zero-order valence-electron chi connectivity index (χ0n) is 23.7. The molecule has 1 aromatic heterocycles. The Morgan fingerprint density at radius 3 is 2.36 bits per heavy atom. The molecule has 1 aliphatic carbocycles. The third-order valence-corrected chi connectivity index (χ3v) is 8.16. The molecule has 3 aromatic rings. The van der Waals surface area contributed by atoms with E-state index in [1.165, 1.54) is 10.4 Å². The van der Waals surface area contributed by atoms with Crippen LogP contribution in [0, 0.1) is 18.8 Å². The second-order valence-electron chi connectivity index (χ2n) is 10.7. The van der Waals surface area contributed by atoms with Crippen molar-refractivity contribution in [1.82, 2.24) is 9.80 Å². The summed E-state index contributed by atoms with van der Waals surface area (Å²) in [6.45, 7) is 8.02. The molecule has 1 heterocycles. The Balaban J connectivity index is 1.48. The molecule has 0 saturated heterocycles. The molecule has 2 atom stereocenters. The summed E-state index contributed by atoms with van der Waals surface area (Å²) in [5.41, 5.74) is 2.27. The number of rotatable bonds is 13. The Labute approximate surface area is 236 Å². The van der Waals surface area contributed by atoms with Crippen LogP contribution in [0.2, 0.25) is 0 Å². The zero-order chi connectivity index (χ0) is 27.9. The minimum atomic E-state index is -0.0425. The van der Waals surface area contributed by atoms with E-state index >= 15 is 0 Å². The van der Waals surface area contributed by atoms with Crippen LogP contribution in [0.1, 0.15) is 47.1 Å². The van der Waals surface area contributed by atoms with Gasteiger partial charge in [-0.25, -0.2) is 0 Å². The number of carbonyl (C=O) groups is 2. The summed E-state index contributed by atoms with van der Waals surface area (Å²) in [6, 6.07) is 20.3. The average molecular weight is 549 g/mol. The van der Waals surface area contributed by atoms with Crippen LogP contribution < -0.4 is 9.47 Å². The van der Waals surface area contributed by atoms with Crippen LogP contribution >= 0.6 is 11.3 Å². The van der Waals surface area contributed by atoms with Crippen molar-refractivity contribution >= 4 is 23.2 Å². The topological polar surface area (TPSA) is 59.1 Å². The summed E-state index contributed by atoms with van der Waals surface area (Å²) in [5, 5.41) is 0. The Hall–Kier alpha value is -3.32. The smallest absolute Gasteiger partial charge is 0.242 e. The summed E-state index contributed by atoms with van der Waals surface area (Å²) < 4.78 is 10.8. The maximum Gasteiger partial charge on any atom is 0.242 e. The van der Waals surface area contributed by atoms with Gasteiger partial charge < -0.3 is 19.3 Å². The minimum Gasteiger partial charge on any atom is -0.493 e. The molecule has 0 radical (unpaired) electrons. The molecule has 7 heteroatoms. The number of benzene rings is 2. The van der Waals surface area contributed by atoms with Crippen molar-refractivity contribution in [3.63, 3.8) is 0 Å². The molecule has 2 amide bonds. The average Bonchev–Trinajstić information content (AvgIpc) is 3.64. The molecular weight excluding hydrogens is 508 g/mol. The van der Waals surface area contributed by atoms with Crippen molar-refractivity contribution in [2.75, 3.05) is 33.9 Å². The molecule has 208 valence electrons. The molecule has 1 aliphatic rings. The quantitative estimate of drug-likeness (QED) is 0.266. The van der Waals surface area contributed by atoms with Gasteiger partial charge in [0.1, 0.15) is 0 Å². The summed E-state index contributed by atoms with van der Waals surface area (Å²) in [7, 11) is 3.24. The standard InChI is InChI=1S/C32H40N2O4S/c1-22(2)19-34(32(36)28-18-27(28)25-9-7-6-8-10-25)21-31(35)33(20-26-13-11-23(3)39-26)16-15-24-12-14-29(37-4)30(17-24)38-5/h6-14,17,22,27-28H,15-16,18-21H2,1-5H3. The summed E-state index contributed by atoms with van der Waals surface area (Å²) in [5.74, 6) is 1.91. The van der Waals surface area contributed by atoms with Crippen molar-refractivity contribution < 1.29 is 19.1 Å². The van der Waals surface area contributed by atoms with Gasteiger partial charge in [-0.3, -0.25) is 9.59 Å². The largest absolute Gasteiger partial charge is 0.493 e. The van der Waals surface area contributed by atoms with Gasteiger partial charge in [0.05, 0.1) is 27.3 Å². The van der Waals surface area contributed by atoms with Gasteiger partial charge in [-0.15, -0.1) is 11.3 Å². The van der Waals surface area contributed by atoms with E-state index in [2.05, 4.69) is 45.0 Å². The number of hydrogen-bond acceptors (Lipinski definition) is 5. The lowest BCUT2D eigenvalue weighted by atomic mass is 10.1. The van der Waals surface area contributed by atoms with Crippen LogP contribution in [0.4, 0.5) is 0 Å². The number of thiophene rings is 1. The van der Waals surface area contributed by atoms with Crippen molar-refractivity contribution in [1.29, 1.82) is 0 Å². The molecule has 1 fully saturated rings. The van der Waals surface area contributed by atoms with Crippen LogP contribution in [0.5, 0.6) is 11.5 Å². The lowest BCUT2D eigenvalue weighted by molar-refractivity contribution is -0.142. The molecule has 6 nitrogen and oxygen atoms in total. The number of methoxy groups -OCH3 is 2. The summed E-state index contributed by atoms with van der Waals surface area (Å²) in [6.07, 6.45) is 1.52. The Kier molecular flexibility index (Phi) is 9.68. The predicted octanol–water partition coefficient (Wildman–Crippen LogP) is 5.93. The number of ether oxygens (including phenoxy) is 2. The third kappa shape index (κ3) is 7.63. The highest BCUT2D eigenvalue weighted by molar-refractivity contribution is 7.11. The highest BCUT2D eigenvalue weighted by Gasteiger charge is 2.46. The van der Waals surface area contributed by atoms with E-state index in [0.29, 0.717) is 37.6 Å². The van der Waals surface area contributed by atoms with Gasteiger partial charge in [-0.2, -0.15) is 0 Å². The normalized spacial score (nSPS) is 16.2. The number of hydrogen-bond donors (Lipinski definition) is 0. The number of nitrogens with zero attached hydrogens (tertiary/aromatic N) is 2. The van der Waals surface area contributed by atoms with E-state index in [1.54, 1.807) is 30.5 Å². The Morgan fingerprint density at radius 2 is 1.72 bits per heavy atom. The predicted molar refractivity (Wildman–Crippen MR) is 156 cm³/mol. The fourth-order valence-corrected chi connectivity index (χ4v) is 5.96. The maximum atomic E-state index is 13.8. The van der Waals surface area contributed by atoms with E-state index in [4.69, 9.17) is 9.47 Å². The SMILES string of the molecule is COc1ccc(CCN(Cc2ccc(C)s2)C(=O)CN(CC(C)C)C(=O)C2CC2c2ccccc2)cc1OC. The van der Waals surface area contributed by atoms with Gasteiger partial charge in [0.25, 0.3) is 0 Å². The van der Waals surface area contributed by atoms with Gasteiger partial charge in [-0.1, -0.05) is 50.2 Å². The molecule has 1 saturated carbocycles. The second-order valence-corrected chi connectivity index (χ2v) is 12.1. The van der Waals surface area contributed by atoms with E-state index in [1.807, 2.05) is 41.3 Å². The Bertz CT molecular complexity index is 1260. The van der Waals surface area contributed by atoms with Gasteiger partial charge in [-0.05, 0) is 67.0 Å². The fraction of sp³-hybridized carbons (Fsp3) is 0.438. The van der Waals surface area contributed by atoms with Gasteiger partial charge in [0.15, 0.2) is 11.5 Å². The lowest BCUT2D eigenvalue weighted by Crippen LogP contribution is -2.45. The second kappa shape index (κ2) is 13.2. The molecular formula is C32H40N2O4S. The highest BCUT2D eigenvalue weighted by atomic mass is 32.1. The molecule has 4 rings (SSSR count). The van der Waals surface area contributed by atoms with Crippen molar-refractivity contribution in [3.05, 3.63) is 81.5 Å². The first kappa shape index (κ1) is 28.7. The highest BCUT2D eigenvalue weighted by Crippen LogP contribution is 2.48. The lowest BCUT2D eigenvalue weighted by Gasteiger charge is -2.29. The van der Waals surface area contributed by atoms with Crippen molar-refractivity contribution in [2.24, 2.45) is 11.8 Å². The first-order valence-electron chi connectivity index (χ1n) is 13.7. The molecule has 0 bridgehead atoms. The molecule has 2 unspecified atom stereocenters. The van der Waals surface area contributed by atoms with E-state index in [0.717, 1.165) is 16.9 Å². The third-order valence-electron chi connectivity index (χ3n) is 7.17. The fourth-order valence-electron chi connectivity index (χ4n) is 5.06. The van der Waals surface area contributed by atoms with Gasteiger partial charge >= 0.3 is 0 Å². The van der Waals surface area contributed by atoms with E-state index in [9.17, 15) is 9.59 Å². The molecule has 0 N–H and O–H groups in total. The van der Waals surface area contributed by atoms with Crippen LogP contribution in [-0.4, -0.2) is 55.5 Å². The summed E-state index contributed by atoms with van der Waals surface area (Å²) >= 11 is 1.70. The number of aryl methyl sites for hydroxylation is 1. The molecule has 0 aliphatic heterocycles. The number of amides is 2. The van der Waals surface area contributed by atoms with E-state index in [-0.39, 0.29) is 36.1 Å². The van der Waals surface area contributed by atoms with Crippen molar-refractivity contribution in [2.45, 2.75) is 46.1 Å². The summed E-state index contributed by atoms with van der Waals surface area (Å²) in [4.78, 5) is 33.4. The first-order chi connectivity index (χ1) is 18.8. The molecule has 39 heavy (non-hydrogen) atoms.